The molecule has 0 N–H and O–H groups in total. The number of hydrogen-bond donors (Lipinski definition) is 0. The fourth-order valence-corrected chi connectivity index (χ4v) is 2.62. The average Bonchev–Trinajstić information content (AvgIpc) is 2.08. The molecule has 2 atom stereocenters. The van der Waals surface area contributed by atoms with Crippen molar-refractivity contribution >= 4 is 22.6 Å². The van der Waals surface area contributed by atoms with Crippen LogP contribution >= 0.6 is 22.6 Å². The van der Waals surface area contributed by atoms with Gasteiger partial charge >= 0.3 is 0 Å². The van der Waals surface area contributed by atoms with Crippen molar-refractivity contribution in [2.24, 2.45) is 11.3 Å². The summed E-state index contributed by atoms with van der Waals surface area (Å²) in [6.07, 6.45) is 1.35. The Morgan fingerprint density at radius 3 is 2.29 bits per heavy atom. The molecule has 0 saturated carbocycles. The predicted octanol–water partition coefficient (Wildman–Crippen LogP) is 3.57. The molecule has 0 aromatic carbocycles. The zero-order valence-corrected chi connectivity index (χ0v) is 12.3. The van der Waals surface area contributed by atoms with Crippen molar-refractivity contribution in [2.45, 2.75) is 51.0 Å². The minimum atomic E-state index is 0.488. The van der Waals surface area contributed by atoms with Crippen molar-refractivity contribution < 1.29 is 0 Å². The molecule has 1 saturated heterocycles. The largest absolute Gasteiger partial charge is 0.300 e. The highest BCUT2D eigenvalue weighted by atomic mass is 127. The molecule has 0 aromatic rings. The molecule has 0 aromatic heterocycles. The first-order valence-electron chi connectivity index (χ1n) is 5.72. The van der Waals surface area contributed by atoms with Gasteiger partial charge in [0, 0.05) is 16.5 Å². The number of halogens is 1. The summed E-state index contributed by atoms with van der Waals surface area (Å²) >= 11 is 2.62. The summed E-state index contributed by atoms with van der Waals surface area (Å²) in [6.45, 7) is 14.4. The molecule has 0 radical (unpaired) electrons. The maximum atomic E-state index is 2.67. The summed E-state index contributed by atoms with van der Waals surface area (Å²) in [7, 11) is 0. The van der Waals surface area contributed by atoms with Crippen molar-refractivity contribution in [3.63, 3.8) is 0 Å². The number of alkyl halides is 1. The summed E-state index contributed by atoms with van der Waals surface area (Å²) < 4.78 is 0.843. The molecule has 0 spiro atoms. The maximum Gasteiger partial charge on any atom is 0.0185 e. The minimum Gasteiger partial charge on any atom is -0.300 e. The van der Waals surface area contributed by atoms with Crippen LogP contribution in [0.3, 0.4) is 0 Å². The van der Waals surface area contributed by atoms with Gasteiger partial charge < -0.3 is 0 Å². The van der Waals surface area contributed by atoms with E-state index in [0.717, 1.165) is 15.9 Å². The molecular formula is C12H24IN. The molecule has 1 aliphatic rings. The van der Waals surface area contributed by atoms with E-state index in [1.165, 1.54) is 19.5 Å². The Kier molecular flexibility index (Phi) is 4.27. The van der Waals surface area contributed by atoms with Crippen LogP contribution in [0.2, 0.25) is 0 Å². The quantitative estimate of drug-likeness (QED) is 0.557. The Hall–Kier alpha value is 0.690. The summed E-state index contributed by atoms with van der Waals surface area (Å²) in [5.74, 6) is 0.775. The lowest BCUT2D eigenvalue weighted by molar-refractivity contribution is 0.0752. The van der Waals surface area contributed by atoms with Gasteiger partial charge in [-0.25, -0.2) is 0 Å². The van der Waals surface area contributed by atoms with E-state index >= 15 is 0 Å². The van der Waals surface area contributed by atoms with Gasteiger partial charge in [-0.05, 0) is 31.2 Å². The van der Waals surface area contributed by atoms with Crippen LogP contribution in [0.5, 0.6) is 0 Å². The fraction of sp³-hybridized carbons (Fsp3) is 1.00. The Balaban J connectivity index is 2.59. The summed E-state index contributed by atoms with van der Waals surface area (Å²) in [4.78, 5) is 2.67. The van der Waals surface area contributed by atoms with Crippen LogP contribution in [0.4, 0.5) is 0 Å². The Morgan fingerprint density at radius 2 is 1.86 bits per heavy atom. The van der Waals surface area contributed by atoms with E-state index in [4.69, 9.17) is 0 Å². The highest BCUT2D eigenvalue weighted by Crippen LogP contribution is 2.36. The third kappa shape index (κ3) is 2.84. The van der Waals surface area contributed by atoms with Crippen LogP contribution in [0.25, 0.3) is 0 Å². The summed E-state index contributed by atoms with van der Waals surface area (Å²) in [5.41, 5.74) is 0.488. The third-order valence-corrected chi connectivity index (χ3v) is 5.98. The summed E-state index contributed by atoms with van der Waals surface area (Å²) in [6, 6.07) is 0.734. The molecule has 1 rings (SSSR count). The molecule has 1 fully saturated rings. The SMILES string of the molecule is CC(C)[C@H](C)N1CCC(I)C(C)(C)C1. The van der Waals surface area contributed by atoms with Gasteiger partial charge in [0.1, 0.15) is 0 Å². The molecule has 14 heavy (non-hydrogen) atoms. The first-order chi connectivity index (χ1) is 6.34. The lowest BCUT2D eigenvalue weighted by Gasteiger charge is -2.45. The van der Waals surface area contributed by atoms with Crippen LogP contribution in [-0.4, -0.2) is 28.0 Å². The lowest BCUT2D eigenvalue weighted by atomic mass is 9.83. The molecule has 1 aliphatic heterocycles. The molecular weight excluding hydrogens is 285 g/mol. The minimum absolute atomic E-state index is 0.488. The number of hydrogen-bond acceptors (Lipinski definition) is 1. The van der Waals surface area contributed by atoms with Gasteiger partial charge in [-0.15, -0.1) is 0 Å². The highest BCUT2D eigenvalue weighted by Gasteiger charge is 2.35. The Labute approximate surface area is 103 Å². The zero-order valence-electron chi connectivity index (χ0n) is 10.2. The predicted molar refractivity (Wildman–Crippen MR) is 72.1 cm³/mol. The van der Waals surface area contributed by atoms with Crippen molar-refractivity contribution in [3.8, 4) is 0 Å². The van der Waals surface area contributed by atoms with Gasteiger partial charge in [-0.2, -0.15) is 0 Å². The van der Waals surface area contributed by atoms with Crippen LogP contribution in [0.1, 0.15) is 41.0 Å². The highest BCUT2D eigenvalue weighted by molar-refractivity contribution is 14.1. The van der Waals surface area contributed by atoms with E-state index in [1.54, 1.807) is 0 Å². The van der Waals surface area contributed by atoms with E-state index in [1.807, 2.05) is 0 Å². The van der Waals surface area contributed by atoms with Gasteiger partial charge in [-0.1, -0.05) is 50.3 Å². The first kappa shape index (κ1) is 12.8. The van der Waals surface area contributed by atoms with Crippen molar-refractivity contribution in [2.75, 3.05) is 13.1 Å². The first-order valence-corrected chi connectivity index (χ1v) is 6.97. The molecule has 1 heterocycles. The normalized spacial score (nSPS) is 30.6. The molecule has 2 heteroatoms. The van der Waals surface area contributed by atoms with Gasteiger partial charge in [0.2, 0.25) is 0 Å². The smallest absolute Gasteiger partial charge is 0.0185 e. The third-order valence-electron chi connectivity index (χ3n) is 3.67. The molecule has 0 amide bonds. The Morgan fingerprint density at radius 1 is 1.29 bits per heavy atom. The van der Waals surface area contributed by atoms with Crippen LogP contribution in [0, 0.1) is 11.3 Å². The standard InChI is InChI=1S/C12H24IN/c1-9(2)10(3)14-7-6-11(13)12(4,5)8-14/h9-11H,6-8H2,1-5H3/t10-,11?/m0/s1. The van der Waals surface area contributed by atoms with Gasteiger partial charge in [0.25, 0.3) is 0 Å². The topological polar surface area (TPSA) is 3.24 Å². The zero-order chi connectivity index (χ0) is 10.9. The van der Waals surface area contributed by atoms with E-state index in [0.29, 0.717) is 5.41 Å². The van der Waals surface area contributed by atoms with Crippen LogP contribution in [0.15, 0.2) is 0 Å². The lowest BCUT2D eigenvalue weighted by Crippen LogP contribution is -2.50. The van der Waals surface area contributed by atoms with Crippen molar-refractivity contribution in [1.82, 2.24) is 4.90 Å². The summed E-state index contributed by atoms with van der Waals surface area (Å²) in [5, 5.41) is 0. The second kappa shape index (κ2) is 4.69. The van der Waals surface area contributed by atoms with Crippen molar-refractivity contribution in [1.29, 1.82) is 0 Å². The average molecular weight is 309 g/mol. The second-order valence-corrected chi connectivity index (χ2v) is 7.20. The molecule has 1 unspecified atom stereocenters. The number of piperidine rings is 1. The van der Waals surface area contributed by atoms with Crippen LogP contribution in [-0.2, 0) is 0 Å². The van der Waals surface area contributed by atoms with Crippen molar-refractivity contribution in [3.05, 3.63) is 0 Å². The van der Waals surface area contributed by atoms with Gasteiger partial charge in [-0.3, -0.25) is 4.90 Å². The molecule has 84 valence electrons. The van der Waals surface area contributed by atoms with E-state index in [2.05, 4.69) is 62.1 Å². The van der Waals surface area contributed by atoms with Gasteiger partial charge in [0.15, 0.2) is 0 Å². The van der Waals surface area contributed by atoms with Crippen LogP contribution < -0.4 is 0 Å². The number of likely N-dealkylation sites (tertiary alicyclic amines) is 1. The second-order valence-electron chi connectivity index (χ2n) is 5.70. The van der Waals surface area contributed by atoms with E-state index in [-0.39, 0.29) is 0 Å². The monoisotopic (exact) mass is 309 g/mol. The molecule has 1 nitrogen and oxygen atoms in total. The fourth-order valence-electron chi connectivity index (χ4n) is 2.14. The maximum absolute atomic E-state index is 2.67. The number of rotatable bonds is 2. The molecule has 0 aliphatic carbocycles. The number of nitrogens with zero attached hydrogens (tertiary/aromatic N) is 1. The molecule has 0 bridgehead atoms. The van der Waals surface area contributed by atoms with E-state index < -0.39 is 0 Å². The Bertz CT molecular complexity index is 189. The van der Waals surface area contributed by atoms with E-state index in [9.17, 15) is 0 Å². The van der Waals surface area contributed by atoms with Gasteiger partial charge in [0.05, 0.1) is 0 Å².